The first-order valence-corrected chi connectivity index (χ1v) is 11.1. The van der Waals surface area contributed by atoms with Crippen molar-refractivity contribution >= 4 is 11.8 Å². The van der Waals surface area contributed by atoms with Gasteiger partial charge in [-0.2, -0.15) is 0 Å². The number of likely N-dealkylation sites (tertiary alicyclic amines) is 1. The van der Waals surface area contributed by atoms with Gasteiger partial charge in [-0.3, -0.25) is 14.5 Å². The van der Waals surface area contributed by atoms with Gasteiger partial charge in [-0.1, -0.05) is 26.0 Å². The molecule has 1 aromatic rings. The molecule has 0 spiro atoms. The second-order valence-electron chi connectivity index (χ2n) is 8.69. The summed E-state index contributed by atoms with van der Waals surface area (Å²) in [5, 5.41) is 3.15. The topological polar surface area (TPSA) is 61.9 Å². The van der Waals surface area contributed by atoms with Crippen molar-refractivity contribution in [3.05, 3.63) is 35.6 Å². The molecule has 0 aromatic heterocycles. The standard InChI is InChI=1S/C23H34FN3O3/c1-17(2)21(26-10-12-30-13-11-26)15-25-23(29)19-4-3-9-27(16-19)22(28)14-18-5-7-20(24)8-6-18/h5-8,17,19,21H,3-4,9-16H2,1-2H3,(H,25,29)/t19-,21+/m0/s1. The number of amides is 2. The fourth-order valence-electron chi connectivity index (χ4n) is 4.35. The lowest BCUT2D eigenvalue weighted by Crippen LogP contribution is -2.53. The molecule has 1 aromatic carbocycles. The van der Waals surface area contributed by atoms with E-state index in [-0.39, 0.29) is 36.0 Å². The predicted octanol–water partition coefficient (Wildman–Crippen LogP) is 2.08. The van der Waals surface area contributed by atoms with Crippen LogP contribution in [-0.2, 0) is 20.7 Å². The smallest absolute Gasteiger partial charge is 0.227 e. The highest BCUT2D eigenvalue weighted by Gasteiger charge is 2.30. The largest absolute Gasteiger partial charge is 0.379 e. The Morgan fingerprint density at radius 2 is 1.87 bits per heavy atom. The van der Waals surface area contributed by atoms with Crippen LogP contribution in [0.4, 0.5) is 4.39 Å². The highest BCUT2D eigenvalue weighted by Crippen LogP contribution is 2.19. The summed E-state index contributed by atoms with van der Waals surface area (Å²) in [6.45, 7) is 9.39. The highest BCUT2D eigenvalue weighted by molar-refractivity contribution is 5.82. The Morgan fingerprint density at radius 1 is 1.17 bits per heavy atom. The van der Waals surface area contributed by atoms with Crippen LogP contribution in [0.1, 0.15) is 32.3 Å². The number of nitrogens with one attached hydrogen (secondary N) is 1. The summed E-state index contributed by atoms with van der Waals surface area (Å²) in [6, 6.07) is 6.30. The number of hydrogen-bond donors (Lipinski definition) is 1. The van der Waals surface area contributed by atoms with E-state index in [1.807, 2.05) is 0 Å². The number of morpholine rings is 1. The van der Waals surface area contributed by atoms with Crippen molar-refractivity contribution < 1.29 is 18.7 Å². The number of piperidine rings is 1. The molecule has 3 rings (SSSR count). The van der Waals surface area contributed by atoms with Gasteiger partial charge in [0.1, 0.15) is 5.82 Å². The second-order valence-corrected chi connectivity index (χ2v) is 8.69. The van der Waals surface area contributed by atoms with E-state index in [1.165, 1.54) is 12.1 Å². The maximum atomic E-state index is 13.1. The molecule has 1 N–H and O–H groups in total. The normalized spacial score (nSPS) is 21.5. The number of rotatable bonds is 7. The molecule has 2 amide bonds. The van der Waals surface area contributed by atoms with Crippen LogP contribution < -0.4 is 5.32 Å². The summed E-state index contributed by atoms with van der Waals surface area (Å²) in [4.78, 5) is 29.7. The van der Waals surface area contributed by atoms with Gasteiger partial charge in [0, 0.05) is 38.8 Å². The molecule has 0 unspecified atom stereocenters. The molecule has 2 heterocycles. The summed E-state index contributed by atoms with van der Waals surface area (Å²) in [5.74, 6) is -0.0182. The second kappa shape index (κ2) is 10.9. The SMILES string of the molecule is CC(C)[C@@H](CNC(=O)[C@H]1CCCN(C(=O)Cc2ccc(F)cc2)C1)N1CCOCC1. The molecule has 0 radical (unpaired) electrons. The zero-order valence-electron chi connectivity index (χ0n) is 18.1. The van der Waals surface area contributed by atoms with Gasteiger partial charge in [0.15, 0.2) is 0 Å². The van der Waals surface area contributed by atoms with Crippen LogP contribution >= 0.6 is 0 Å². The van der Waals surface area contributed by atoms with Crippen LogP contribution in [0.15, 0.2) is 24.3 Å². The summed E-state index contributed by atoms with van der Waals surface area (Å²) >= 11 is 0. The van der Waals surface area contributed by atoms with Crippen LogP contribution in [0.3, 0.4) is 0 Å². The summed E-state index contributed by atoms with van der Waals surface area (Å²) in [6.07, 6.45) is 1.86. The van der Waals surface area contributed by atoms with E-state index in [4.69, 9.17) is 4.74 Å². The van der Waals surface area contributed by atoms with Crippen molar-refractivity contribution in [2.75, 3.05) is 45.9 Å². The number of ether oxygens (including phenoxy) is 1. The van der Waals surface area contributed by atoms with Crippen LogP contribution in [0.2, 0.25) is 0 Å². The lowest BCUT2D eigenvalue weighted by molar-refractivity contribution is -0.135. The Labute approximate surface area is 178 Å². The Kier molecular flexibility index (Phi) is 8.22. The minimum Gasteiger partial charge on any atom is -0.379 e. The molecule has 2 atom stereocenters. The van der Waals surface area contributed by atoms with E-state index >= 15 is 0 Å². The quantitative estimate of drug-likeness (QED) is 0.735. The summed E-state index contributed by atoms with van der Waals surface area (Å²) in [5.41, 5.74) is 0.790. The van der Waals surface area contributed by atoms with Crippen molar-refractivity contribution in [1.29, 1.82) is 0 Å². The van der Waals surface area contributed by atoms with Gasteiger partial charge in [-0.25, -0.2) is 4.39 Å². The van der Waals surface area contributed by atoms with Crippen molar-refractivity contribution in [2.45, 2.75) is 39.2 Å². The fraction of sp³-hybridized carbons (Fsp3) is 0.652. The summed E-state index contributed by atoms with van der Waals surface area (Å²) in [7, 11) is 0. The van der Waals surface area contributed by atoms with E-state index in [9.17, 15) is 14.0 Å². The fourth-order valence-corrected chi connectivity index (χ4v) is 4.35. The molecule has 2 fully saturated rings. The van der Waals surface area contributed by atoms with E-state index in [0.717, 1.165) is 44.7 Å². The van der Waals surface area contributed by atoms with Crippen molar-refractivity contribution in [2.24, 2.45) is 11.8 Å². The first-order valence-electron chi connectivity index (χ1n) is 11.1. The number of hydrogen-bond acceptors (Lipinski definition) is 4. The molecular weight excluding hydrogens is 385 g/mol. The summed E-state index contributed by atoms with van der Waals surface area (Å²) < 4.78 is 18.5. The van der Waals surface area contributed by atoms with Gasteiger partial charge in [-0.05, 0) is 36.5 Å². The molecule has 6 nitrogen and oxygen atoms in total. The highest BCUT2D eigenvalue weighted by atomic mass is 19.1. The number of carbonyl (C=O) groups excluding carboxylic acids is 2. The van der Waals surface area contributed by atoms with Crippen LogP contribution in [-0.4, -0.2) is 73.6 Å². The molecule has 30 heavy (non-hydrogen) atoms. The van der Waals surface area contributed by atoms with E-state index in [2.05, 4.69) is 24.1 Å². The third-order valence-electron chi connectivity index (χ3n) is 6.18. The molecule has 2 aliphatic rings. The van der Waals surface area contributed by atoms with Crippen molar-refractivity contribution in [3.8, 4) is 0 Å². The number of carbonyl (C=O) groups is 2. The first-order chi connectivity index (χ1) is 14.4. The number of benzene rings is 1. The average molecular weight is 420 g/mol. The van der Waals surface area contributed by atoms with Gasteiger partial charge < -0.3 is 15.0 Å². The molecule has 0 saturated carbocycles. The van der Waals surface area contributed by atoms with E-state index in [1.54, 1.807) is 17.0 Å². The zero-order valence-corrected chi connectivity index (χ0v) is 18.1. The Bertz CT molecular complexity index is 704. The molecule has 2 aliphatic heterocycles. The van der Waals surface area contributed by atoms with Gasteiger partial charge in [0.2, 0.25) is 11.8 Å². The zero-order chi connectivity index (χ0) is 21.5. The first kappa shape index (κ1) is 22.7. The van der Waals surface area contributed by atoms with Crippen LogP contribution in [0.5, 0.6) is 0 Å². The Balaban J connectivity index is 1.50. The predicted molar refractivity (Wildman–Crippen MR) is 113 cm³/mol. The third-order valence-corrected chi connectivity index (χ3v) is 6.18. The Hall–Kier alpha value is -1.99. The van der Waals surface area contributed by atoms with E-state index in [0.29, 0.717) is 25.6 Å². The van der Waals surface area contributed by atoms with Crippen LogP contribution in [0.25, 0.3) is 0 Å². The van der Waals surface area contributed by atoms with Gasteiger partial charge in [0.05, 0.1) is 25.6 Å². The van der Waals surface area contributed by atoms with E-state index < -0.39 is 0 Å². The van der Waals surface area contributed by atoms with Gasteiger partial charge in [-0.15, -0.1) is 0 Å². The minimum atomic E-state index is -0.308. The average Bonchev–Trinajstić information content (AvgIpc) is 2.76. The molecule has 0 bridgehead atoms. The van der Waals surface area contributed by atoms with Crippen molar-refractivity contribution in [3.63, 3.8) is 0 Å². The number of nitrogens with zero attached hydrogens (tertiary/aromatic N) is 2. The van der Waals surface area contributed by atoms with Crippen molar-refractivity contribution in [1.82, 2.24) is 15.1 Å². The third kappa shape index (κ3) is 6.25. The molecule has 7 heteroatoms. The maximum absolute atomic E-state index is 13.1. The lowest BCUT2D eigenvalue weighted by Gasteiger charge is -2.37. The molecular formula is C23H34FN3O3. The number of halogens is 1. The van der Waals surface area contributed by atoms with Gasteiger partial charge in [0.25, 0.3) is 0 Å². The van der Waals surface area contributed by atoms with Gasteiger partial charge >= 0.3 is 0 Å². The molecule has 0 aliphatic carbocycles. The monoisotopic (exact) mass is 419 g/mol. The minimum absolute atomic E-state index is 0.00696. The Morgan fingerprint density at radius 3 is 2.53 bits per heavy atom. The maximum Gasteiger partial charge on any atom is 0.227 e. The molecule has 2 saturated heterocycles. The van der Waals surface area contributed by atoms with Crippen LogP contribution in [0, 0.1) is 17.7 Å². The lowest BCUT2D eigenvalue weighted by atomic mass is 9.95. The molecule has 166 valence electrons.